The van der Waals surface area contributed by atoms with Crippen LogP contribution in [0.25, 0.3) is 11.1 Å². The van der Waals surface area contributed by atoms with Crippen LogP contribution in [0.3, 0.4) is 0 Å². The molecule has 1 aliphatic rings. The van der Waals surface area contributed by atoms with Gasteiger partial charge < -0.3 is 30.0 Å². The number of rotatable bonds is 13. The first-order chi connectivity index (χ1) is 25.0. The van der Waals surface area contributed by atoms with E-state index in [-0.39, 0.29) is 25.4 Å². The first-order valence-corrected chi connectivity index (χ1v) is 18.0. The van der Waals surface area contributed by atoms with Crippen molar-refractivity contribution in [3.05, 3.63) is 161 Å². The van der Waals surface area contributed by atoms with E-state index in [4.69, 9.17) is 14.2 Å². The maximum Gasteiger partial charge on any atom is 0.328 e. The molecule has 0 saturated carbocycles. The molecule has 6 rings (SSSR count). The first kappa shape index (κ1) is 35.9. The number of thioether (sulfide) groups is 1. The van der Waals surface area contributed by atoms with Gasteiger partial charge in [0, 0.05) is 35.6 Å². The van der Waals surface area contributed by atoms with E-state index in [9.17, 15) is 14.7 Å². The molecule has 262 valence electrons. The molecule has 0 aliphatic carbocycles. The second-order valence-corrected chi connectivity index (χ2v) is 13.5. The number of urea groups is 1. The molecule has 0 bridgehead atoms. The van der Waals surface area contributed by atoms with Gasteiger partial charge in [-0.05, 0) is 57.6 Å². The summed E-state index contributed by atoms with van der Waals surface area (Å²) in [6.45, 7) is 0.265. The number of hydrogen-bond donors (Lipinski definition) is 3. The Hall–Kier alpha value is -4.93. The lowest BCUT2D eigenvalue weighted by atomic mass is 9.99. The number of nitrogens with one attached hydrogen (secondary N) is 2. The highest BCUT2D eigenvalue weighted by atomic mass is 32.2. The van der Waals surface area contributed by atoms with E-state index < -0.39 is 24.3 Å². The van der Waals surface area contributed by atoms with Gasteiger partial charge in [0.2, 0.25) is 0 Å². The SMILES string of the molecule is COC(=O)[C@H](Cc1ccccc1)NC(=O)NCc1cccc(-c2cccc([C@@H]3O[C@H](CSc4ccccc4)C[C@H](c4ccc(CO)cc4)O3)c2)c1. The summed E-state index contributed by atoms with van der Waals surface area (Å²) in [5, 5.41) is 15.2. The Kier molecular flexibility index (Phi) is 12.5. The Morgan fingerprint density at radius 3 is 2.20 bits per heavy atom. The molecule has 4 atom stereocenters. The molecule has 8 nitrogen and oxygen atoms in total. The zero-order chi connectivity index (χ0) is 35.4. The highest BCUT2D eigenvalue weighted by Crippen LogP contribution is 2.40. The van der Waals surface area contributed by atoms with Crippen molar-refractivity contribution in [2.24, 2.45) is 0 Å². The molecule has 0 unspecified atom stereocenters. The minimum Gasteiger partial charge on any atom is -0.467 e. The van der Waals surface area contributed by atoms with Crippen molar-refractivity contribution < 1.29 is 28.9 Å². The fraction of sp³-hybridized carbons (Fsp3) is 0.238. The predicted molar refractivity (Wildman–Crippen MR) is 199 cm³/mol. The number of aliphatic hydroxyl groups is 1. The number of ether oxygens (including phenoxy) is 3. The number of methoxy groups -OCH3 is 1. The summed E-state index contributed by atoms with van der Waals surface area (Å²) in [5.74, 6) is 0.276. The second kappa shape index (κ2) is 17.8. The third-order valence-corrected chi connectivity index (χ3v) is 9.88. The quantitative estimate of drug-likeness (QED) is 0.0851. The minimum absolute atomic E-state index is 0.00422. The van der Waals surface area contributed by atoms with Crippen molar-refractivity contribution >= 4 is 23.8 Å². The van der Waals surface area contributed by atoms with Crippen LogP contribution in [0.2, 0.25) is 0 Å². The molecule has 3 N–H and O–H groups in total. The smallest absolute Gasteiger partial charge is 0.328 e. The van der Waals surface area contributed by atoms with E-state index in [2.05, 4.69) is 28.8 Å². The molecule has 1 aliphatic heterocycles. The lowest BCUT2D eigenvalue weighted by molar-refractivity contribution is -0.245. The molecule has 5 aromatic rings. The molecule has 1 fully saturated rings. The van der Waals surface area contributed by atoms with Crippen LogP contribution in [0.15, 0.2) is 138 Å². The summed E-state index contributed by atoms with van der Waals surface area (Å²) in [6.07, 6.45) is 0.240. The maximum atomic E-state index is 12.9. The highest BCUT2D eigenvalue weighted by Gasteiger charge is 2.32. The molecular weight excluding hydrogens is 661 g/mol. The Balaban J connectivity index is 1.14. The fourth-order valence-corrected chi connectivity index (χ4v) is 6.97. The van der Waals surface area contributed by atoms with Crippen molar-refractivity contribution in [3.8, 4) is 11.1 Å². The number of carbonyl (C=O) groups is 2. The number of amides is 2. The van der Waals surface area contributed by atoms with Gasteiger partial charge in [-0.25, -0.2) is 9.59 Å². The second-order valence-electron chi connectivity index (χ2n) is 12.4. The van der Waals surface area contributed by atoms with Crippen LogP contribution in [0.5, 0.6) is 0 Å². The fourth-order valence-electron chi connectivity index (χ4n) is 6.03. The van der Waals surface area contributed by atoms with Gasteiger partial charge in [0.1, 0.15) is 6.04 Å². The largest absolute Gasteiger partial charge is 0.467 e. The summed E-state index contributed by atoms with van der Waals surface area (Å²) >= 11 is 1.77. The predicted octanol–water partition coefficient (Wildman–Crippen LogP) is 7.77. The Labute approximate surface area is 303 Å². The summed E-state index contributed by atoms with van der Waals surface area (Å²) < 4.78 is 18.1. The summed E-state index contributed by atoms with van der Waals surface area (Å²) in [5.41, 5.74) is 6.61. The first-order valence-electron chi connectivity index (χ1n) is 17.0. The molecule has 1 saturated heterocycles. The van der Waals surface area contributed by atoms with Crippen molar-refractivity contribution in [3.63, 3.8) is 0 Å². The van der Waals surface area contributed by atoms with Gasteiger partial charge in [0.15, 0.2) is 6.29 Å². The topological polar surface area (TPSA) is 106 Å². The van der Waals surface area contributed by atoms with E-state index in [1.54, 1.807) is 11.8 Å². The van der Waals surface area contributed by atoms with Gasteiger partial charge in [-0.15, -0.1) is 11.8 Å². The number of aliphatic hydroxyl groups excluding tert-OH is 1. The molecule has 0 spiro atoms. The summed E-state index contributed by atoms with van der Waals surface area (Å²) in [6, 6.07) is 42.6. The van der Waals surface area contributed by atoms with Crippen LogP contribution >= 0.6 is 11.8 Å². The van der Waals surface area contributed by atoms with E-state index in [1.807, 2.05) is 115 Å². The van der Waals surface area contributed by atoms with Gasteiger partial charge in [0.05, 0.1) is 25.9 Å². The maximum absolute atomic E-state index is 12.9. The zero-order valence-electron chi connectivity index (χ0n) is 28.4. The van der Waals surface area contributed by atoms with Crippen LogP contribution in [0.4, 0.5) is 4.79 Å². The van der Waals surface area contributed by atoms with Gasteiger partial charge in [-0.2, -0.15) is 0 Å². The van der Waals surface area contributed by atoms with Crippen molar-refractivity contribution in [1.82, 2.24) is 10.6 Å². The van der Waals surface area contributed by atoms with E-state index in [1.165, 1.54) is 12.0 Å². The summed E-state index contributed by atoms with van der Waals surface area (Å²) in [4.78, 5) is 26.4. The van der Waals surface area contributed by atoms with Crippen molar-refractivity contribution in [1.29, 1.82) is 0 Å². The van der Waals surface area contributed by atoms with Crippen molar-refractivity contribution in [2.45, 2.75) is 55.4 Å². The molecular formula is C42H42N2O6S. The zero-order valence-corrected chi connectivity index (χ0v) is 29.3. The van der Waals surface area contributed by atoms with Crippen molar-refractivity contribution in [2.75, 3.05) is 12.9 Å². The minimum atomic E-state index is -0.813. The van der Waals surface area contributed by atoms with Gasteiger partial charge in [-0.1, -0.05) is 109 Å². The average Bonchev–Trinajstić information content (AvgIpc) is 3.19. The van der Waals surface area contributed by atoms with Crippen LogP contribution in [0, 0.1) is 0 Å². The third kappa shape index (κ3) is 10.1. The van der Waals surface area contributed by atoms with Crippen LogP contribution < -0.4 is 10.6 Å². The number of hydrogen-bond acceptors (Lipinski definition) is 7. The monoisotopic (exact) mass is 702 g/mol. The molecule has 0 radical (unpaired) electrons. The standard InChI is InChI=1S/C42H42N2O6S/c1-48-40(46)38(23-29-10-4-2-5-11-29)44-42(47)43-26-31-12-8-13-33(22-31)34-14-9-15-35(24-34)41-49-36(28-51-37-16-6-3-7-17-37)25-39(50-41)32-20-18-30(27-45)19-21-32/h2-22,24,36,38-39,41,45H,23,25-28H2,1H3,(H2,43,44,47)/t36-,38-,39+,41+/m0/s1. The van der Waals surface area contributed by atoms with Crippen LogP contribution in [0.1, 0.15) is 46.6 Å². The van der Waals surface area contributed by atoms with E-state index in [0.717, 1.165) is 44.7 Å². The molecule has 2 amide bonds. The van der Waals surface area contributed by atoms with Crippen LogP contribution in [-0.2, 0) is 38.6 Å². The number of benzene rings is 5. The number of carbonyl (C=O) groups excluding carboxylic acids is 2. The van der Waals surface area contributed by atoms with E-state index >= 15 is 0 Å². The highest BCUT2D eigenvalue weighted by molar-refractivity contribution is 7.99. The molecule has 9 heteroatoms. The lowest BCUT2D eigenvalue weighted by Gasteiger charge is -2.36. The van der Waals surface area contributed by atoms with Gasteiger partial charge >= 0.3 is 12.0 Å². The van der Waals surface area contributed by atoms with Gasteiger partial charge in [0.25, 0.3) is 0 Å². The Morgan fingerprint density at radius 2 is 1.47 bits per heavy atom. The lowest BCUT2D eigenvalue weighted by Crippen LogP contribution is -2.47. The summed E-state index contributed by atoms with van der Waals surface area (Å²) in [7, 11) is 1.31. The molecule has 0 aromatic heterocycles. The normalized spacial score (nSPS) is 17.6. The van der Waals surface area contributed by atoms with Gasteiger partial charge in [-0.3, -0.25) is 0 Å². The van der Waals surface area contributed by atoms with E-state index in [0.29, 0.717) is 12.8 Å². The molecule has 51 heavy (non-hydrogen) atoms. The average molecular weight is 703 g/mol. The third-order valence-electron chi connectivity index (χ3n) is 8.74. The molecule has 5 aromatic carbocycles. The Bertz CT molecular complexity index is 1870. The molecule has 1 heterocycles. The Morgan fingerprint density at radius 1 is 0.784 bits per heavy atom. The van der Waals surface area contributed by atoms with Crippen LogP contribution in [-0.4, -0.2) is 42.1 Å². The number of esters is 1.